The van der Waals surface area contributed by atoms with E-state index in [-0.39, 0.29) is 23.3 Å². The van der Waals surface area contributed by atoms with E-state index >= 15 is 0 Å². The lowest BCUT2D eigenvalue weighted by Crippen LogP contribution is -2.66. The molecule has 3 fully saturated rings. The maximum absolute atomic E-state index is 12.2. The molecule has 0 saturated carbocycles. The topological polar surface area (TPSA) is 106 Å². The van der Waals surface area contributed by atoms with Crippen molar-refractivity contribution in [3.63, 3.8) is 0 Å². The number of nitrogens with zero attached hydrogens (tertiary/aromatic N) is 4. The van der Waals surface area contributed by atoms with Gasteiger partial charge in [-0.15, -0.1) is 0 Å². The number of methoxy groups -OCH3 is 2. The number of esters is 1. The second-order valence-corrected chi connectivity index (χ2v) is 15.1. The number of benzene rings is 3. The number of rotatable bonds is 10. The first kappa shape index (κ1) is 34.8. The maximum Gasteiger partial charge on any atom is 0.311 e. The summed E-state index contributed by atoms with van der Waals surface area (Å²) in [5.41, 5.74) is 7.81. The van der Waals surface area contributed by atoms with E-state index in [1.54, 1.807) is 20.4 Å². The maximum atomic E-state index is 12.2. The van der Waals surface area contributed by atoms with Crippen molar-refractivity contribution in [2.24, 2.45) is 5.92 Å². The lowest BCUT2D eigenvalue weighted by molar-refractivity contribution is -0.155. The summed E-state index contributed by atoms with van der Waals surface area (Å²) in [5, 5.41) is 4.22. The van der Waals surface area contributed by atoms with Crippen LogP contribution in [0.5, 0.6) is 11.6 Å². The van der Waals surface area contributed by atoms with Gasteiger partial charge in [-0.2, -0.15) is 0 Å². The van der Waals surface area contributed by atoms with E-state index in [4.69, 9.17) is 47.4 Å². The molecule has 10 nitrogen and oxygen atoms in total. The van der Waals surface area contributed by atoms with Crippen molar-refractivity contribution in [2.75, 3.05) is 47.0 Å². The predicted octanol–water partition coefficient (Wildman–Crippen LogP) is 6.23. The Morgan fingerprint density at radius 3 is 2.37 bits per heavy atom. The van der Waals surface area contributed by atoms with Crippen LogP contribution in [0.4, 0.5) is 0 Å². The van der Waals surface area contributed by atoms with Gasteiger partial charge in [0.2, 0.25) is 11.8 Å². The number of amides is 1. The number of hydrogen-bond acceptors (Lipinski definition) is 9. The van der Waals surface area contributed by atoms with Gasteiger partial charge in [0.25, 0.3) is 0 Å². The monoisotopic (exact) mass is 741 g/mol. The van der Waals surface area contributed by atoms with Gasteiger partial charge in [-0.1, -0.05) is 65.7 Å². The van der Waals surface area contributed by atoms with Gasteiger partial charge in [-0.25, -0.2) is 4.98 Å². The Morgan fingerprint density at radius 2 is 1.69 bits per heavy atom. The molecule has 12 heteroatoms. The number of fused-ring (bicyclic) bond motifs is 1. The van der Waals surface area contributed by atoms with E-state index in [0.29, 0.717) is 47.2 Å². The van der Waals surface area contributed by atoms with E-state index in [1.165, 1.54) is 11.1 Å². The molecule has 1 aromatic heterocycles. The molecule has 3 aliphatic heterocycles. The zero-order valence-electron chi connectivity index (χ0n) is 29.5. The van der Waals surface area contributed by atoms with Crippen LogP contribution in [0, 0.1) is 5.92 Å². The molecule has 0 bridgehead atoms. The second kappa shape index (κ2) is 14.0. The minimum Gasteiger partial charge on any atom is -0.496 e. The number of likely N-dealkylation sites (tertiary alicyclic amines) is 2. The molecular formula is C40H41Cl2N5O5. The Morgan fingerprint density at radius 1 is 0.981 bits per heavy atom. The van der Waals surface area contributed by atoms with Crippen molar-refractivity contribution in [3.8, 4) is 45.1 Å². The number of aromatic nitrogens is 2. The summed E-state index contributed by atoms with van der Waals surface area (Å²) in [6, 6.07) is 16.4. The van der Waals surface area contributed by atoms with Crippen LogP contribution in [0.3, 0.4) is 0 Å². The van der Waals surface area contributed by atoms with Gasteiger partial charge in [0.15, 0.2) is 0 Å². The molecule has 52 heavy (non-hydrogen) atoms. The molecule has 8 rings (SSSR count). The number of nitrogens with one attached hydrogen (secondary N) is 1. The largest absolute Gasteiger partial charge is 0.496 e. The Balaban J connectivity index is 1.03. The Kier molecular flexibility index (Phi) is 9.36. The predicted molar refractivity (Wildman–Crippen MR) is 200 cm³/mol. The molecule has 1 atom stereocenters. The molecule has 3 saturated heterocycles. The average Bonchev–Trinajstić information content (AvgIpc) is 3.71. The third kappa shape index (κ3) is 6.29. The van der Waals surface area contributed by atoms with Crippen LogP contribution in [0.25, 0.3) is 33.5 Å². The normalized spacial score (nSPS) is 19.6. The van der Waals surface area contributed by atoms with Gasteiger partial charge in [0, 0.05) is 67.4 Å². The van der Waals surface area contributed by atoms with Gasteiger partial charge in [0.1, 0.15) is 11.4 Å². The highest BCUT2D eigenvalue weighted by atomic mass is 35.5. The molecule has 4 aromatic rings. The second-order valence-electron chi connectivity index (χ2n) is 14.3. The lowest BCUT2D eigenvalue weighted by Gasteiger charge is -2.47. The number of carbonyl (C=O) groups is 2. The van der Waals surface area contributed by atoms with Crippen LogP contribution in [0.2, 0.25) is 10.0 Å². The fourth-order valence-electron chi connectivity index (χ4n) is 8.34. The summed E-state index contributed by atoms with van der Waals surface area (Å²) in [6.07, 6.45) is 4.94. The minimum absolute atomic E-state index is 0.0475. The van der Waals surface area contributed by atoms with Crippen LogP contribution in [0.1, 0.15) is 36.6 Å². The first-order valence-corrected chi connectivity index (χ1v) is 18.6. The van der Waals surface area contributed by atoms with Crippen molar-refractivity contribution in [2.45, 2.75) is 50.7 Å². The van der Waals surface area contributed by atoms with Crippen molar-refractivity contribution in [1.82, 2.24) is 25.1 Å². The Hall–Kier alpha value is -4.22. The van der Waals surface area contributed by atoms with Gasteiger partial charge in [-0.3, -0.25) is 24.4 Å². The number of carbonyl (C=O) groups excluding carboxylic acids is 2. The molecular weight excluding hydrogens is 701 g/mol. The summed E-state index contributed by atoms with van der Waals surface area (Å²) >= 11 is 14.4. The third-order valence-electron chi connectivity index (χ3n) is 11.0. The molecule has 4 heterocycles. The van der Waals surface area contributed by atoms with E-state index in [9.17, 15) is 9.59 Å². The highest BCUT2D eigenvalue weighted by molar-refractivity contribution is 6.39. The molecule has 3 aromatic carbocycles. The number of hydrogen-bond donors (Lipinski definition) is 1. The standard InChI is InChI=1S/C40H41Cl2N5O5/c1-4-52-39(49)25-18-47(19-25)26-14-23-13-24(15-34(50-2)31(23)16-26)27-7-5-8-28(36(27)41)29-9-6-10-30(37(29)42)32-17-43-33(38(44-32)51-3)20-46-21-40(22-46)12-11-35(48)45-40/h5-10,13,15,17,25-26H,4,11-12,14,16,18-22H2,1-3H3,(H,45,48)/t26-/m1/s1. The SMILES string of the molecule is CCOC(=O)C1CN([C@@H]2Cc3cc(-c4cccc(-c5cccc(-c6cnc(CN7CC8(CCC(=O)N8)C7)c(OC)n6)c5Cl)c4Cl)cc(OC)c3C2)C1. The van der Waals surface area contributed by atoms with Crippen molar-refractivity contribution >= 4 is 35.1 Å². The van der Waals surface area contributed by atoms with Crippen LogP contribution in [0.15, 0.2) is 54.7 Å². The first-order valence-electron chi connectivity index (χ1n) is 17.8. The fourth-order valence-corrected chi connectivity index (χ4v) is 9.00. The van der Waals surface area contributed by atoms with Gasteiger partial charge >= 0.3 is 5.97 Å². The van der Waals surface area contributed by atoms with Crippen molar-refractivity contribution < 1.29 is 23.8 Å². The van der Waals surface area contributed by atoms with Crippen molar-refractivity contribution in [1.29, 1.82) is 0 Å². The quantitative estimate of drug-likeness (QED) is 0.190. The highest BCUT2D eigenvalue weighted by Gasteiger charge is 2.47. The van der Waals surface area contributed by atoms with E-state index in [0.717, 1.165) is 84.7 Å². The molecule has 4 aliphatic rings. The smallest absolute Gasteiger partial charge is 0.311 e. The number of ether oxygens (including phenoxy) is 3. The van der Waals surface area contributed by atoms with Crippen LogP contribution in [-0.4, -0.2) is 90.2 Å². The minimum atomic E-state index is -0.105. The van der Waals surface area contributed by atoms with Gasteiger partial charge < -0.3 is 19.5 Å². The molecule has 1 aliphatic carbocycles. The summed E-state index contributed by atoms with van der Waals surface area (Å²) in [6.45, 7) is 5.86. The first-order chi connectivity index (χ1) is 25.2. The number of halogens is 2. The lowest BCUT2D eigenvalue weighted by atomic mass is 9.88. The summed E-state index contributed by atoms with van der Waals surface area (Å²) in [4.78, 5) is 38.1. The molecule has 0 radical (unpaired) electrons. The fraction of sp³-hybridized carbons (Fsp3) is 0.400. The van der Waals surface area contributed by atoms with E-state index in [2.05, 4.69) is 27.2 Å². The molecule has 270 valence electrons. The molecule has 1 spiro atoms. The van der Waals surface area contributed by atoms with Gasteiger partial charge in [-0.05, 0) is 48.9 Å². The van der Waals surface area contributed by atoms with Crippen LogP contribution < -0.4 is 14.8 Å². The average molecular weight is 743 g/mol. The van der Waals surface area contributed by atoms with Gasteiger partial charge in [0.05, 0.1) is 54.2 Å². The third-order valence-corrected chi connectivity index (χ3v) is 11.8. The zero-order valence-corrected chi connectivity index (χ0v) is 31.0. The van der Waals surface area contributed by atoms with E-state index in [1.807, 2.05) is 43.3 Å². The Labute approximate surface area is 313 Å². The summed E-state index contributed by atoms with van der Waals surface area (Å²) in [7, 11) is 3.30. The Bertz CT molecular complexity index is 2060. The van der Waals surface area contributed by atoms with E-state index < -0.39 is 0 Å². The summed E-state index contributed by atoms with van der Waals surface area (Å²) < 4.78 is 16.8. The molecule has 1 amide bonds. The zero-order chi connectivity index (χ0) is 36.1. The van der Waals surface area contributed by atoms with Crippen LogP contribution >= 0.6 is 23.2 Å². The van der Waals surface area contributed by atoms with Crippen molar-refractivity contribution in [3.05, 3.63) is 81.6 Å². The highest BCUT2D eigenvalue weighted by Crippen LogP contribution is 2.45. The van der Waals surface area contributed by atoms with Crippen LogP contribution in [-0.2, 0) is 33.7 Å². The summed E-state index contributed by atoms with van der Waals surface area (Å²) in [5.74, 6) is 1.26. The molecule has 1 N–H and O–H groups in total. The molecule has 0 unspecified atom stereocenters.